The Hall–Kier alpha value is -0.950. The summed E-state index contributed by atoms with van der Waals surface area (Å²) < 4.78 is 27.0. The first-order valence-electron chi connectivity index (χ1n) is 6.95. The van der Waals surface area contributed by atoms with Gasteiger partial charge in [0.25, 0.3) is 0 Å². The summed E-state index contributed by atoms with van der Waals surface area (Å²) in [6, 6.07) is 6.79. The highest BCUT2D eigenvalue weighted by atomic mass is 32.2. The highest BCUT2D eigenvalue weighted by Crippen LogP contribution is 2.20. The number of nitrogens with zero attached hydrogens (tertiary/aromatic N) is 2. The summed E-state index contributed by atoms with van der Waals surface area (Å²) >= 11 is 0. The van der Waals surface area contributed by atoms with Gasteiger partial charge in [-0.25, -0.2) is 8.42 Å². The van der Waals surface area contributed by atoms with Crippen LogP contribution >= 0.6 is 0 Å². The molecular formula is C14H23N3O2S. The lowest BCUT2D eigenvalue weighted by atomic mass is 10.1. The van der Waals surface area contributed by atoms with Crippen molar-refractivity contribution in [1.82, 2.24) is 9.21 Å². The second kappa shape index (κ2) is 6.22. The van der Waals surface area contributed by atoms with Crippen molar-refractivity contribution < 1.29 is 8.42 Å². The maximum absolute atomic E-state index is 12.7. The minimum atomic E-state index is -3.41. The van der Waals surface area contributed by atoms with Gasteiger partial charge in [0.05, 0.1) is 4.90 Å². The third-order valence-corrected chi connectivity index (χ3v) is 5.59. The molecule has 0 amide bonds. The third kappa shape index (κ3) is 3.38. The van der Waals surface area contributed by atoms with Crippen LogP contribution in [0.15, 0.2) is 29.2 Å². The number of hydrogen-bond donors (Lipinski definition) is 1. The fourth-order valence-electron chi connectivity index (χ4n) is 2.37. The van der Waals surface area contributed by atoms with Crippen LogP contribution in [-0.2, 0) is 10.0 Å². The monoisotopic (exact) mass is 297 g/mol. The van der Waals surface area contributed by atoms with E-state index in [9.17, 15) is 8.42 Å². The van der Waals surface area contributed by atoms with E-state index in [0.29, 0.717) is 18.0 Å². The van der Waals surface area contributed by atoms with Crippen molar-refractivity contribution in [1.29, 1.82) is 0 Å². The number of likely N-dealkylation sites (N-methyl/N-ethyl adjacent to an activating group) is 1. The minimum absolute atomic E-state index is 0.166. The molecule has 0 aromatic heterocycles. The Morgan fingerprint density at radius 2 is 1.95 bits per heavy atom. The van der Waals surface area contributed by atoms with Crippen LogP contribution in [0.25, 0.3) is 0 Å². The van der Waals surface area contributed by atoms with Gasteiger partial charge in [-0.2, -0.15) is 4.31 Å². The van der Waals surface area contributed by atoms with Crippen LogP contribution in [-0.4, -0.2) is 50.8 Å². The molecule has 5 nitrogen and oxygen atoms in total. The second-order valence-corrected chi connectivity index (χ2v) is 7.36. The molecule has 6 heteroatoms. The molecule has 0 aliphatic carbocycles. The zero-order valence-electron chi connectivity index (χ0n) is 12.1. The Balaban J connectivity index is 2.27. The van der Waals surface area contributed by atoms with Gasteiger partial charge in [0, 0.05) is 25.7 Å². The van der Waals surface area contributed by atoms with E-state index in [2.05, 4.69) is 4.90 Å². The molecule has 1 aliphatic heterocycles. The van der Waals surface area contributed by atoms with Crippen molar-refractivity contribution in [2.75, 3.05) is 33.2 Å². The fourth-order valence-corrected chi connectivity index (χ4v) is 3.90. The van der Waals surface area contributed by atoms with Crippen LogP contribution in [0, 0.1) is 0 Å². The second-order valence-electron chi connectivity index (χ2n) is 5.42. The van der Waals surface area contributed by atoms with E-state index in [-0.39, 0.29) is 6.04 Å². The largest absolute Gasteiger partial charge is 0.324 e. The van der Waals surface area contributed by atoms with Gasteiger partial charge < -0.3 is 10.6 Å². The molecule has 2 rings (SSSR count). The van der Waals surface area contributed by atoms with Gasteiger partial charge in [0.2, 0.25) is 10.0 Å². The molecule has 1 saturated heterocycles. The Morgan fingerprint density at radius 1 is 1.20 bits per heavy atom. The summed E-state index contributed by atoms with van der Waals surface area (Å²) in [4.78, 5) is 2.50. The van der Waals surface area contributed by atoms with E-state index < -0.39 is 10.0 Å². The molecule has 0 spiro atoms. The Kier molecular flexibility index (Phi) is 4.80. The molecule has 1 aliphatic rings. The summed E-state index contributed by atoms with van der Waals surface area (Å²) in [5.41, 5.74) is 6.68. The quantitative estimate of drug-likeness (QED) is 0.905. The predicted octanol–water partition coefficient (Wildman–Crippen LogP) is 1.03. The van der Waals surface area contributed by atoms with E-state index in [4.69, 9.17) is 5.73 Å². The number of benzene rings is 1. The van der Waals surface area contributed by atoms with E-state index in [1.807, 2.05) is 20.0 Å². The fraction of sp³-hybridized carbons (Fsp3) is 0.571. The molecule has 1 aromatic carbocycles. The molecule has 1 unspecified atom stereocenters. The first-order chi connectivity index (χ1) is 9.41. The van der Waals surface area contributed by atoms with Crippen molar-refractivity contribution in [3.8, 4) is 0 Å². The lowest BCUT2D eigenvalue weighted by molar-refractivity contribution is 0.347. The van der Waals surface area contributed by atoms with Gasteiger partial charge in [-0.3, -0.25) is 0 Å². The van der Waals surface area contributed by atoms with E-state index >= 15 is 0 Å². The third-order valence-electron chi connectivity index (χ3n) is 3.70. The average Bonchev–Trinajstić information content (AvgIpc) is 2.64. The highest BCUT2D eigenvalue weighted by Gasteiger charge is 2.26. The average molecular weight is 297 g/mol. The molecular weight excluding hydrogens is 274 g/mol. The smallest absolute Gasteiger partial charge is 0.243 e. The van der Waals surface area contributed by atoms with Crippen molar-refractivity contribution in [3.63, 3.8) is 0 Å². The van der Waals surface area contributed by atoms with Gasteiger partial charge in [-0.15, -0.1) is 0 Å². The molecule has 2 N–H and O–H groups in total. The number of nitrogens with two attached hydrogens (primary N) is 1. The number of sulfonamides is 1. The Morgan fingerprint density at radius 3 is 2.65 bits per heavy atom. The van der Waals surface area contributed by atoms with Crippen molar-refractivity contribution in [3.05, 3.63) is 29.8 Å². The molecule has 20 heavy (non-hydrogen) atoms. The normalized spacial score (nSPS) is 20.6. The van der Waals surface area contributed by atoms with Gasteiger partial charge in [-0.05, 0) is 44.6 Å². The molecule has 1 aromatic rings. The SMILES string of the molecule is CC(N)c1cccc(S(=O)(=O)N2CCCN(C)CC2)c1. The molecule has 112 valence electrons. The van der Waals surface area contributed by atoms with Crippen molar-refractivity contribution in [2.45, 2.75) is 24.3 Å². The lowest BCUT2D eigenvalue weighted by Gasteiger charge is -2.20. The summed E-state index contributed by atoms with van der Waals surface area (Å²) in [6.07, 6.45) is 0.864. The summed E-state index contributed by atoms with van der Waals surface area (Å²) in [6.45, 7) is 4.68. The van der Waals surface area contributed by atoms with Gasteiger partial charge in [0.1, 0.15) is 0 Å². The minimum Gasteiger partial charge on any atom is -0.324 e. The molecule has 0 radical (unpaired) electrons. The standard InChI is InChI=1S/C14H23N3O2S/c1-12(15)13-5-3-6-14(11-13)20(18,19)17-8-4-7-16(2)9-10-17/h3,5-6,11-12H,4,7-10,15H2,1-2H3. The number of rotatable bonds is 3. The topological polar surface area (TPSA) is 66.6 Å². The Labute approximate surface area is 121 Å². The van der Waals surface area contributed by atoms with Crippen LogP contribution in [0.1, 0.15) is 24.9 Å². The molecule has 1 heterocycles. The maximum atomic E-state index is 12.7. The molecule has 0 saturated carbocycles. The van der Waals surface area contributed by atoms with E-state index in [0.717, 1.165) is 25.1 Å². The molecule has 1 atom stereocenters. The van der Waals surface area contributed by atoms with E-state index in [1.165, 1.54) is 0 Å². The number of hydrogen-bond acceptors (Lipinski definition) is 4. The summed E-state index contributed by atoms with van der Waals surface area (Å²) in [5.74, 6) is 0. The first kappa shape index (κ1) is 15.4. The first-order valence-corrected chi connectivity index (χ1v) is 8.39. The predicted molar refractivity (Wildman–Crippen MR) is 79.9 cm³/mol. The van der Waals surface area contributed by atoms with Crippen LogP contribution < -0.4 is 5.73 Å². The Bertz CT molecular complexity index is 557. The zero-order valence-corrected chi connectivity index (χ0v) is 12.9. The van der Waals surface area contributed by atoms with Gasteiger partial charge in [-0.1, -0.05) is 12.1 Å². The van der Waals surface area contributed by atoms with Gasteiger partial charge >= 0.3 is 0 Å². The van der Waals surface area contributed by atoms with Gasteiger partial charge in [0.15, 0.2) is 0 Å². The van der Waals surface area contributed by atoms with Crippen LogP contribution in [0.2, 0.25) is 0 Å². The lowest BCUT2D eigenvalue weighted by Crippen LogP contribution is -2.34. The maximum Gasteiger partial charge on any atom is 0.243 e. The van der Waals surface area contributed by atoms with E-state index in [1.54, 1.807) is 22.5 Å². The highest BCUT2D eigenvalue weighted by molar-refractivity contribution is 7.89. The summed E-state index contributed by atoms with van der Waals surface area (Å²) in [5, 5.41) is 0. The van der Waals surface area contributed by atoms with Crippen LogP contribution in [0.3, 0.4) is 0 Å². The van der Waals surface area contributed by atoms with Crippen LogP contribution in [0.4, 0.5) is 0 Å². The van der Waals surface area contributed by atoms with Crippen LogP contribution in [0.5, 0.6) is 0 Å². The summed E-state index contributed by atoms with van der Waals surface area (Å²) in [7, 11) is -1.39. The van der Waals surface area contributed by atoms with Crippen molar-refractivity contribution in [2.24, 2.45) is 5.73 Å². The van der Waals surface area contributed by atoms with Crippen molar-refractivity contribution >= 4 is 10.0 Å². The molecule has 1 fully saturated rings. The molecule has 0 bridgehead atoms. The zero-order chi connectivity index (χ0) is 14.8.